The normalized spacial score (nSPS) is 16.5. The summed E-state index contributed by atoms with van der Waals surface area (Å²) in [6.07, 6.45) is 2.01. The number of halogens is 1. The molecule has 2 aromatic rings. The number of ether oxygens (including phenoxy) is 1. The van der Waals surface area contributed by atoms with E-state index < -0.39 is 5.97 Å². The van der Waals surface area contributed by atoms with E-state index in [1.54, 1.807) is 17.0 Å². The molecule has 0 fully saturated rings. The van der Waals surface area contributed by atoms with Gasteiger partial charge < -0.3 is 9.64 Å². The second kappa shape index (κ2) is 6.39. The fourth-order valence-corrected chi connectivity index (χ4v) is 3.02. The van der Waals surface area contributed by atoms with E-state index in [0.717, 1.165) is 11.1 Å². The molecule has 2 heterocycles. The Morgan fingerprint density at radius 1 is 1.29 bits per heavy atom. The SMILES string of the molecule is COC(=O)c1cc(C(=O)N2CCc3cc(F)ccc3C2C)ccn1. The zero-order valence-corrected chi connectivity index (χ0v) is 13.5. The maximum absolute atomic E-state index is 13.4. The van der Waals surface area contributed by atoms with Crippen LogP contribution in [0.3, 0.4) is 0 Å². The number of carbonyl (C=O) groups excluding carboxylic acids is 2. The molecule has 5 nitrogen and oxygen atoms in total. The third-order valence-corrected chi connectivity index (χ3v) is 4.31. The van der Waals surface area contributed by atoms with Crippen LogP contribution in [0.1, 0.15) is 44.9 Å². The molecule has 1 atom stereocenters. The highest BCUT2D eigenvalue weighted by atomic mass is 19.1. The van der Waals surface area contributed by atoms with Gasteiger partial charge in [0.2, 0.25) is 0 Å². The van der Waals surface area contributed by atoms with Gasteiger partial charge in [-0.05, 0) is 48.7 Å². The van der Waals surface area contributed by atoms with Crippen LogP contribution in [0.5, 0.6) is 0 Å². The van der Waals surface area contributed by atoms with E-state index in [-0.39, 0.29) is 23.5 Å². The van der Waals surface area contributed by atoms with E-state index in [2.05, 4.69) is 9.72 Å². The predicted molar refractivity (Wildman–Crippen MR) is 85.1 cm³/mol. The summed E-state index contributed by atoms with van der Waals surface area (Å²) in [5.74, 6) is -1.04. The molecule has 0 aliphatic carbocycles. The van der Waals surface area contributed by atoms with Gasteiger partial charge in [-0.15, -0.1) is 0 Å². The average Bonchev–Trinajstić information content (AvgIpc) is 2.60. The molecule has 0 saturated heterocycles. The first-order valence-corrected chi connectivity index (χ1v) is 7.65. The summed E-state index contributed by atoms with van der Waals surface area (Å²) < 4.78 is 18.0. The number of hydrogen-bond acceptors (Lipinski definition) is 4. The Labute approximate surface area is 139 Å². The Morgan fingerprint density at radius 2 is 2.08 bits per heavy atom. The largest absolute Gasteiger partial charge is 0.464 e. The summed E-state index contributed by atoms with van der Waals surface area (Å²) >= 11 is 0. The Balaban J connectivity index is 1.88. The summed E-state index contributed by atoms with van der Waals surface area (Å²) in [5, 5.41) is 0. The molecule has 0 N–H and O–H groups in total. The second-order valence-corrected chi connectivity index (χ2v) is 5.69. The van der Waals surface area contributed by atoms with Crippen LogP contribution < -0.4 is 0 Å². The van der Waals surface area contributed by atoms with Crippen molar-refractivity contribution in [1.82, 2.24) is 9.88 Å². The minimum Gasteiger partial charge on any atom is -0.464 e. The minimum atomic E-state index is -0.586. The van der Waals surface area contributed by atoms with E-state index in [0.29, 0.717) is 18.5 Å². The summed E-state index contributed by atoms with van der Waals surface area (Å²) in [5.41, 5.74) is 2.34. The highest BCUT2D eigenvalue weighted by Gasteiger charge is 2.29. The van der Waals surface area contributed by atoms with Crippen LogP contribution in [-0.2, 0) is 11.2 Å². The van der Waals surface area contributed by atoms with E-state index >= 15 is 0 Å². The van der Waals surface area contributed by atoms with Gasteiger partial charge in [-0.3, -0.25) is 4.79 Å². The standard InChI is InChI=1S/C18H17FN2O3/c1-11-15-4-3-14(19)9-12(15)6-8-21(11)17(22)13-5-7-20-16(10-13)18(23)24-2/h3-5,7,9-11H,6,8H2,1-2H3. The molecule has 1 aliphatic rings. The molecule has 0 radical (unpaired) electrons. The van der Waals surface area contributed by atoms with Crippen LogP contribution >= 0.6 is 0 Å². The number of hydrogen-bond donors (Lipinski definition) is 0. The van der Waals surface area contributed by atoms with Gasteiger partial charge in [-0.2, -0.15) is 0 Å². The quantitative estimate of drug-likeness (QED) is 0.796. The smallest absolute Gasteiger partial charge is 0.356 e. The monoisotopic (exact) mass is 328 g/mol. The van der Waals surface area contributed by atoms with Gasteiger partial charge in [0.15, 0.2) is 0 Å². The van der Waals surface area contributed by atoms with E-state index in [1.165, 1.54) is 31.5 Å². The van der Waals surface area contributed by atoms with Crippen molar-refractivity contribution < 1.29 is 18.7 Å². The predicted octanol–water partition coefficient (Wildman–Crippen LogP) is 2.77. The minimum absolute atomic E-state index is 0.0930. The second-order valence-electron chi connectivity index (χ2n) is 5.69. The molecule has 1 aromatic heterocycles. The van der Waals surface area contributed by atoms with Crippen LogP contribution in [0, 0.1) is 5.82 Å². The number of methoxy groups -OCH3 is 1. The molecular weight excluding hydrogens is 311 g/mol. The number of rotatable bonds is 2. The Bertz CT molecular complexity index is 807. The van der Waals surface area contributed by atoms with Crippen LogP contribution in [0.4, 0.5) is 4.39 Å². The summed E-state index contributed by atoms with van der Waals surface area (Å²) in [6.45, 7) is 2.41. The molecule has 0 saturated carbocycles. The fraction of sp³-hybridized carbons (Fsp3) is 0.278. The number of carbonyl (C=O) groups is 2. The highest BCUT2D eigenvalue weighted by Crippen LogP contribution is 2.31. The van der Waals surface area contributed by atoms with Crippen molar-refractivity contribution in [3.05, 3.63) is 64.7 Å². The molecule has 1 unspecified atom stereocenters. The fourth-order valence-electron chi connectivity index (χ4n) is 3.02. The van der Waals surface area contributed by atoms with Crippen molar-refractivity contribution in [1.29, 1.82) is 0 Å². The molecule has 6 heteroatoms. The lowest BCUT2D eigenvalue weighted by Crippen LogP contribution is -2.39. The van der Waals surface area contributed by atoms with Gasteiger partial charge in [0.1, 0.15) is 11.5 Å². The van der Waals surface area contributed by atoms with Gasteiger partial charge in [-0.25, -0.2) is 14.2 Å². The van der Waals surface area contributed by atoms with Crippen LogP contribution in [0.2, 0.25) is 0 Å². The highest BCUT2D eigenvalue weighted by molar-refractivity contribution is 5.97. The van der Waals surface area contributed by atoms with Crippen LogP contribution in [0.25, 0.3) is 0 Å². The number of benzene rings is 1. The van der Waals surface area contributed by atoms with Crippen molar-refractivity contribution >= 4 is 11.9 Å². The van der Waals surface area contributed by atoms with Crippen LogP contribution in [0.15, 0.2) is 36.5 Å². The number of esters is 1. The molecule has 0 bridgehead atoms. The van der Waals surface area contributed by atoms with E-state index in [1.807, 2.05) is 6.92 Å². The van der Waals surface area contributed by atoms with Gasteiger partial charge in [-0.1, -0.05) is 6.07 Å². The molecule has 1 amide bonds. The number of aromatic nitrogens is 1. The molecule has 1 aromatic carbocycles. The number of nitrogens with zero attached hydrogens (tertiary/aromatic N) is 2. The molecule has 3 rings (SSSR count). The Hall–Kier alpha value is -2.76. The maximum atomic E-state index is 13.4. The molecule has 0 spiro atoms. The molecule has 124 valence electrons. The van der Waals surface area contributed by atoms with Crippen molar-refractivity contribution in [2.45, 2.75) is 19.4 Å². The van der Waals surface area contributed by atoms with E-state index in [4.69, 9.17) is 0 Å². The number of fused-ring (bicyclic) bond motifs is 1. The lowest BCUT2D eigenvalue weighted by atomic mass is 9.93. The lowest BCUT2D eigenvalue weighted by molar-refractivity contribution is 0.0594. The van der Waals surface area contributed by atoms with Gasteiger partial charge >= 0.3 is 5.97 Å². The van der Waals surface area contributed by atoms with Crippen molar-refractivity contribution in [2.24, 2.45) is 0 Å². The van der Waals surface area contributed by atoms with Gasteiger partial charge in [0.25, 0.3) is 5.91 Å². The van der Waals surface area contributed by atoms with Gasteiger partial charge in [0.05, 0.1) is 13.2 Å². The zero-order valence-electron chi connectivity index (χ0n) is 13.5. The lowest BCUT2D eigenvalue weighted by Gasteiger charge is -2.35. The topological polar surface area (TPSA) is 59.5 Å². The van der Waals surface area contributed by atoms with Crippen molar-refractivity contribution in [3.8, 4) is 0 Å². The van der Waals surface area contributed by atoms with Crippen molar-refractivity contribution in [3.63, 3.8) is 0 Å². The van der Waals surface area contributed by atoms with Crippen molar-refractivity contribution in [2.75, 3.05) is 13.7 Å². The third kappa shape index (κ3) is 2.87. The first-order chi connectivity index (χ1) is 11.5. The molecule has 1 aliphatic heterocycles. The van der Waals surface area contributed by atoms with E-state index in [9.17, 15) is 14.0 Å². The Kier molecular flexibility index (Phi) is 4.29. The summed E-state index contributed by atoms with van der Waals surface area (Å²) in [4.78, 5) is 30.0. The first-order valence-electron chi connectivity index (χ1n) is 7.65. The maximum Gasteiger partial charge on any atom is 0.356 e. The summed E-state index contributed by atoms with van der Waals surface area (Å²) in [6, 6.07) is 7.49. The van der Waals surface area contributed by atoms with Gasteiger partial charge in [0, 0.05) is 18.3 Å². The molecular formula is C18H17FN2O3. The number of amides is 1. The summed E-state index contributed by atoms with van der Waals surface area (Å²) in [7, 11) is 1.27. The molecule has 24 heavy (non-hydrogen) atoms. The Morgan fingerprint density at radius 3 is 2.83 bits per heavy atom. The van der Waals surface area contributed by atoms with Crippen LogP contribution in [-0.4, -0.2) is 35.4 Å². The zero-order chi connectivity index (χ0) is 17.3. The number of pyridine rings is 1. The first kappa shape index (κ1) is 16.1. The average molecular weight is 328 g/mol. The third-order valence-electron chi connectivity index (χ3n) is 4.31.